The van der Waals surface area contributed by atoms with E-state index in [-0.39, 0.29) is 5.91 Å². The van der Waals surface area contributed by atoms with Crippen LogP contribution >= 0.6 is 0 Å². The van der Waals surface area contributed by atoms with Crippen molar-refractivity contribution in [2.24, 2.45) is 0 Å². The van der Waals surface area contributed by atoms with Crippen LogP contribution in [0, 0.1) is 0 Å². The fourth-order valence-corrected chi connectivity index (χ4v) is 2.09. The molecule has 0 aliphatic heterocycles. The molecule has 1 fully saturated rings. The van der Waals surface area contributed by atoms with Crippen LogP contribution in [0.5, 0.6) is 0 Å². The van der Waals surface area contributed by atoms with E-state index in [1.165, 1.54) is 38.5 Å². The van der Waals surface area contributed by atoms with Gasteiger partial charge in [0.1, 0.15) is 0 Å². The van der Waals surface area contributed by atoms with Crippen molar-refractivity contribution in [2.45, 2.75) is 51.5 Å². The first-order valence-corrected chi connectivity index (χ1v) is 5.65. The van der Waals surface area contributed by atoms with Crippen molar-refractivity contribution in [3.8, 4) is 0 Å². The quantitative estimate of drug-likeness (QED) is 0.490. The van der Waals surface area contributed by atoms with E-state index in [1.807, 2.05) is 24.9 Å². The van der Waals surface area contributed by atoms with Gasteiger partial charge >= 0.3 is 0 Å². The third-order valence-electron chi connectivity index (χ3n) is 3.03. The molecule has 0 N–H and O–H groups in total. The van der Waals surface area contributed by atoms with Crippen molar-refractivity contribution >= 4 is 5.91 Å². The molecule has 14 heavy (non-hydrogen) atoms. The van der Waals surface area contributed by atoms with Crippen molar-refractivity contribution in [1.82, 2.24) is 4.90 Å². The summed E-state index contributed by atoms with van der Waals surface area (Å²) in [6.45, 7) is 1.89. The van der Waals surface area contributed by atoms with E-state index >= 15 is 0 Å². The highest BCUT2D eigenvalue weighted by Gasteiger charge is 2.19. The summed E-state index contributed by atoms with van der Waals surface area (Å²) in [4.78, 5) is 13.5. The Bertz CT molecular complexity index is 202. The highest BCUT2D eigenvalue weighted by atomic mass is 16.2. The average Bonchev–Trinajstić information content (AvgIpc) is 2.45. The van der Waals surface area contributed by atoms with Gasteiger partial charge in [0.2, 0.25) is 5.91 Å². The largest absolute Gasteiger partial charge is 0.339 e. The Kier molecular flexibility index (Phi) is 4.71. The fourth-order valence-electron chi connectivity index (χ4n) is 2.09. The summed E-state index contributed by atoms with van der Waals surface area (Å²) in [5.74, 6) is 0.152. The molecule has 0 atom stereocenters. The van der Waals surface area contributed by atoms with Crippen LogP contribution < -0.4 is 0 Å². The first-order chi connectivity index (χ1) is 6.75. The smallest absolute Gasteiger partial charge is 0.246 e. The molecule has 2 heteroatoms. The number of hydrogen-bond donors (Lipinski definition) is 0. The van der Waals surface area contributed by atoms with Crippen LogP contribution in [0.4, 0.5) is 0 Å². The summed E-state index contributed by atoms with van der Waals surface area (Å²) in [6, 6.07) is 0.473. The van der Waals surface area contributed by atoms with Crippen molar-refractivity contribution in [3.63, 3.8) is 0 Å². The van der Waals surface area contributed by atoms with Gasteiger partial charge in [0.05, 0.1) is 0 Å². The lowest BCUT2D eigenvalue weighted by molar-refractivity contribution is -0.127. The van der Waals surface area contributed by atoms with E-state index in [1.54, 1.807) is 6.08 Å². The van der Waals surface area contributed by atoms with E-state index < -0.39 is 0 Å². The van der Waals surface area contributed by atoms with E-state index in [0.717, 1.165) is 0 Å². The predicted molar refractivity (Wildman–Crippen MR) is 59.1 cm³/mol. The van der Waals surface area contributed by atoms with Crippen molar-refractivity contribution < 1.29 is 4.79 Å². The third-order valence-corrected chi connectivity index (χ3v) is 3.03. The van der Waals surface area contributed by atoms with Crippen LogP contribution in [0.15, 0.2) is 12.2 Å². The average molecular weight is 195 g/mol. The standard InChI is InChI=1S/C12H21NO/c1-3-8-12(14)13(2)11-9-6-4-5-7-10-11/h3,8,11H,4-7,9-10H2,1-2H3. The number of likely N-dealkylation sites (N-methyl/N-ethyl adjacent to an activating group) is 1. The summed E-state index contributed by atoms with van der Waals surface area (Å²) in [7, 11) is 1.93. The second-order valence-corrected chi connectivity index (χ2v) is 4.09. The van der Waals surface area contributed by atoms with Crippen LogP contribution in [0.25, 0.3) is 0 Å². The molecule has 0 bridgehead atoms. The molecule has 0 aromatic rings. The molecule has 0 aromatic carbocycles. The number of allylic oxidation sites excluding steroid dienone is 1. The normalized spacial score (nSPS) is 19.6. The number of amides is 1. The van der Waals surface area contributed by atoms with Crippen molar-refractivity contribution in [1.29, 1.82) is 0 Å². The second kappa shape index (κ2) is 5.84. The van der Waals surface area contributed by atoms with Crippen LogP contribution in [0.2, 0.25) is 0 Å². The monoisotopic (exact) mass is 195 g/mol. The van der Waals surface area contributed by atoms with Gasteiger partial charge in [0.25, 0.3) is 0 Å². The van der Waals surface area contributed by atoms with E-state index in [9.17, 15) is 4.79 Å². The fraction of sp³-hybridized carbons (Fsp3) is 0.750. The topological polar surface area (TPSA) is 20.3 Å². The zero-order valence-corrected chi connectivity index (χ0v) is 9.33. The van der Waals surface area contributed by atoms with E-state index in [4.69, 9.17) is 0 Å². The summed E-state index contributed by atoms with van der Waals surface area (Å²) in [5.41, 5.74) is 0. The Morgan fingerprint density at radius 2 is 1.79 bits per heavy atom. The molecule has 0 heterocycles. The van der Waals surface area contributed by atoms with Gasteiger partial charge in [-0.25, -0.2) is 0 Å². The van der Waals surface area contributed by atoms with E-state index in [2.05, 4.69) is 0 Å². The molecule has 1 amide bonds. The lowest BCUT2D eigenvalue weighted by atomic mass is 10.1. The van der Waals surface area contributed by atoms with Gasteiger partial charge in [-0.15, -0.1) is 0 Å². The van der Waals surface area contributed by atoms with Gasteiger partial charge in [-0.1, -0.05) is 31.8 Å². The summed E-state index contributed by atoms with van der Waals surface area (Å²) in [6.07, 6.45) is 11.1. The summed E-state index contributed by atoms with van der Waals surface area (Å²) in [5, 5.41) is 0. The number of nitrogens with zero attached hydrogens (tertiary/aromatic N) is 1. The minimum atomic E-state index is 0.152. The first kappa shape index (κ1) is 11.3. The molecule has 2 nitrogen and oxygen atoms in total. The highest BCUT2D eigenvalue weighted by molar-refractivity contribution is 5.87. The maximum Gasteiger partial charge on any atom is 0.246 e. The number of carbonyl (C=O) groups excluding carboxylic acids is 1. The minimum Gasteiger partial charge on any atom is -0.339 e. The molecule has 1 aliphatic rings. The molecule has 0 unspecified atom stereocenters. The lowest BCUT2D eigenvalue weighted by Crippen LogP contribution is -2.35. The van der Waals surface area contributed by atoms with Gasteiger partial charge in [-0.05, 0) is 25.8 Å². The van der Waals surface area contributed by atoms with Gasteiger partial charge in [-0.3, -0.25) is 4.79 Å². The number of rotatable bonds is 2. The maximum absolute atomic E-state index is 11.6. The predicted octanol–water partition coefficient (Wildman–Crippen LogP) is 2.74. The lowest BCUT2D eigenvalue weighted by Gasteiger charge is -2.26. The molecule has 0 radical (unpaired) electrons. The molecule has 0 spiro atoms. The Morgan fingerprint density at radius 1 is 1.21 bits per heavy atom. The molecule has 1 rings (SSSR count). The van der Waals surface area contributed by atoms with Crippen LogP contribution in [-0.4, -0.2) is 23.9 Å². The minimum absolute atomic E-state index is 0.152. The first-order valence-electron chi connectivity index (χ1n) is 5.65. The van der Waals surface area contributed by atoms with Crippen molar-refractivity contribution in [3.05, 3.63) is 12.2 Å². The Labute approximate surface area is 87.0 Å². The van der Waals surface area contributed by atoms with Gasteiger partial charge in [0, 0.05) is 13.1 Å². The maximum atomic E-state index is 11.6. The summed E-state index contributed by atoms with van der Waals surface area (Å²) >= 11 is 0. The number of hydrogen-bond acceptors (Lipinski definition) is 1. The number of carbonyl (C=O) groups is 1. The van der Waals surface area contributed by atoms with Gasteiger partial charge < -0.3 is 4.90 Å². The molecule has 0 saturated heterocycles. The molecular formula is C12H21NO. The molecule has 1 aliphatic carbocycles. The van der Waals surface area contributed by atoms with E-state index in [0.29, 0.717) is 6.04 Å². The zero-order valence-electron chi connectivity index (χ0n) is 9.33. The second-order valence-electron chi connectivity index (χ2n) is 4.09. The highest BCUT2D eigenvalue weighted by Crippen LogP contribution is 2.21. The third kappa shape index (κ3) is 3.17. The molecule has 1 saturated carbocycles. The van der Waals surface area contributed by atoms with Gasteiger partial charge in [-0.2, -0.15) is 0 Å². The molecule has 80 valence electrons. The van der Waals surface area contributed by atoms with Crippen molar-refractivity contribution in [2.75, 3.05) is 7.05 Å². The van der Waals surface area contributed by atoms with Crippen LogP contribution in [0.3, 0.4) is 0 Å². The molecular weight excluding hydrogens is 174 g/mol. The summed E-state index contributed by atoms with van der Waals surface area (Å²) < 4.78 is 0. The Hall–Kier alpha value is -0.790. The Balaban J connectivity index is 2.48. The van der Waals surface area contributed by atoms with Gasteiger partial charge in [0.15, 0.2) is 0 Å². The van der Waals surface area contributed by atoms with Crippen LogP contribution in [-0.2, 0) is 4.79 Å². The van der Waals surface area contributed by atoms with Crippen LogP contribution in [0.1, 0.15) is 45.4 Å². The zero-order chi connectivity index (χ0) is 10.4. The Morgan fingerprint density at radius 3 is 2.29 bits per heavy atom. The molecule has 0 aromatic heterocycles. The SMILES string of the molecule is CC=CC(=O)N(C)C1CCCCCC1.